The van der Waals surface area contributed by atoms with Crippen LogP contribution < -0.4 is 5.73 Å². The monoisotopic (exact) mass is 337 g/mol. The molecule has 1 aliphatic heterocycles. The second-order valence-corrected chi connectivity index (χ2v) is 7.13. The lowest BCUT2D eigenvalue weighted by molar-refractivity contribution is 0.0533. The molecule has 2 heterocycles. The van der Waals surface area contributed by atoms with Crippen LogP contribution in [0.5, 0.6) is 0 Å². The molecule has 132 valence electrons. The highest BCUT2D eigenvalue weighted by molar-refractivity contribution is 6.01. The minimum atomic E-state index is 0.0732. The number of carbonyl (C=O) groups is 1. The van der Waals surface area contributed by atoms with Crippen molar-refractivity contribution in [1.29, 1.82) is 0 Å². The van der Waals surface area contributed by atoms with Crippen LogP contribution in [0.2, 0.25) is 0 Å². The summed E-state index contributed by atoms with van der Waals surface area (Å²) in [5, 5.41) is 0. The molecule has 2 unspecified atom stereocenters. The van der Waals surface area contributed by atoms with Crippen LogP contribution >= 0.6 is 0 Å². The third-order valence-corrected chi connectivity index (χ3v) is 5.19. The number of aromatic nitrogens is 1. The fourth-order valence-corrected chi connectivity index (χ4v) is 3.77. The highest BCUT2D eigenvalue weighted by atomic mass is 16.2. The minimum Gasteiger partial charge on any atom is -0.334 e. The normalized spacial score (nSPS) is 20.6. The number of benzene rings is 1. The summed E-state index contributed by atoms with van der Waals surface area (Å²) in [6, 6.07) is 12.1. The number of nitrogens with two attached hydrogens (primary N) is 1. The zero-order valence-corrected chi connectivity index (χ0v) is 15.3. The molecule has 2 aromatic rings. The Labute approximate surface area is 150 Å². The molecule has 2 N–H and O–H groups in total. The van der Waals surface area contributed by atoms with Crippen molar-refractivity contribution in [2.45, 2.75) is 39.7 Å². The lowest BCUT2D eigenvalue weighted by Gasteiger charge is -2.39. The number of rotatable bonds is 3. The zero-order valence-electron chi connectivity index (χ0n) is 15.3. The van der Waals surface area contributed by atoms with Crippen molar-refractivity contribution in [3.8, 4) is 11.3 Å². The van der Waals surface area contributed by atoms with E-state index in [1.807, 2.05) is 55.1 Å². The number of amides is 1. The molecule has 1 saturated heterocycles. The number of piperidine rings is 1. The SMILES string of the molecule is Cc1ccc(-c2cccc(C)n2)c(C(=O)N2CCCC(C)C2CN)c1. The molecule has 1 fully saturated rings. The summed E-state index contributed by atoms with van der Waals surface area (Å²) < 4.78 is 0. The largest absolute Gasteiger partial charge is 0.334 e. The predicted octanol–water partition coefficient (Wildman–Crippen LogP) is 3.56. The number of hydrogen-bond donors (Lipinski definition) is 1. The molecule has 1 aliphatic rings. The van der Waals surface area contributed by atoms with Gasteiger partial charge in [-0.05, 0) is 50.8 Å². The highest BCUT2D eigenvalue weighted by Crippen LogP contribution is 2.29. The van der Waals surface area contributed by atoms with E-state index in [1.54, 1.807) is 0 Å². The summed E-state index contributed by atoms with van der Waals surface area (Å²) in [4.78, 5) is 20.0. The molecule has 0 saturated carbocycles. The summed E-state index contributed by atoms with van der Waals surface area (Å²) in [5.41, 5.74) is 10.5. The van der Waals surface area contributed by atoms with Crippen molar-refractivity contribution >= 4 is 5.91 Å². The van der Waals surface area contributed by atoms with Crippen molar-refractivity contribution in [3.05, 3.63) is 53.2 Å². The maximum atomic E-state index is 13.4. The quantitative estimate of drug-likeness (QED) is 0.931. The highest BCUT2D eigenvalue weighted by Gasteiger charge is 2.32. The van der Waals surface area contributed by atoms with Crippen LogP contribution in [-0.4, -0.2) is 34.9 Å². The smallest absolute Gasteiger partial charge is 0.254 e. The Balaban J connectivity index is 2.04. The van der Waals surface area contributed by atoms with Crippen LogP contribution in [0, 0.1) is 19.8 Å². The summed E-state index contributed by atoms with van der Waals surface area (Å²) >= 11 is 0. The Morgan fingerprint density at radius 1 is 1.28 bits per heavy atom. The van der Waals surface area contributed by atoms with Gasteiger partial charge in [-0.3, -0.25) is 9.78 Å². The second-order valence-electron chi connectivity index (χ2n) is 7.13. The number of likely N-dealkylation sites (tertiary alicyclic amines) is 1. The fourth-order valence-electron chi connectivity index (χ4n) is 3.77. The molecule has 1 aromatic carbocycles. The topological polar surface area (TPSA) is 59.2 Å². The van der Waals surface area contributed by atoms with E-state index in [4.69, 9.17) is 5.73 Å². The van der Waals surface area contributed by atoms with Crippen LogP contribution in [0.1, 0.15) is 41.4 Å². The first-order valence-corrected chi connectivity index (χ1v) is 9.07. The summed E-state index contributed by atoms with van der Waals surface area (Å²) in [5.74, 6) is 0.511. The Morgan fingerprint density at radius 2 is 2.08 bits per heavy atom. The molecule has 25 heavy (non-hydrogen) atoms. The fraction of sp³-hybridized carbons (Fsp3) is 0.429. The first-order valence-electron chi connectivity index (χ1n) is 9.07. The van der Waals surface area contributed by atoms with Crippen LogP contribution in [0.15, 0.2) is 36.4 Å². The van der Waals surface area contributed by atoms with E-state index in [2.05, 4.69) is 11.9 Å². The van der Waals surface area contributed by atoms with Crippen LogP contribution in [0.4, 0.5) is 0 Å². The zero-order chi connectivity index (χ0) is 18.0. The third-order valence-electron chi connectivity index (χ3n) is 5.19. The van der Waals surface area contributed by atoms with Gasteiger partial charge >= 0.3 is 0 Å². The van der Waals surface area contributed by atoms with E-state index < -0.39 is 0 Å². The number of pyridine rings is 1. The second kappa shape index (κ2) is 7.36. The number of aryl methyl sites for hydroxylation is 2. The van der Waals surface area contributed by atoms with E-state index in [1.165, 1.54) is 0 Å². The van der Waals surface area contributed by atoms with Gasteiger partial charge in [0.2, 0.25) is 0 Å². The first kappa shape index (κ1) is 17.6. The van der Waals surface area contributed by atoms with E-state index >= 15 is 0 Å². The molecule has 3 rings (SSSR count). The average Bonchev–Trinajstić information content (AvgIpc) is 2.60. The standard InChI is InChI=1S/C21H27N3O/c1-14-9-10-17(19-8-4-7-16(3)23-19)18(12-14)21(25)24-11-5-6-15(2)20(24)13-22/h4,7-10,12,15,20H,5-6,11,13,22H2,1-3H3. The molecule has 1 amide bonds. The van der Waals surface area contributed by atoms with E-state index in [0.717, 1.165) is 47.5 Å². The minimum absolute atomic E-state index is 0.0732. The van der Waals surface area contributed by atoms with E-state index in [-0.39, 0.29) is 11.9 Å². The molecule has 0 bridgehead atoms. The molecular weight excluding hydrogens is 310 g/mol. The van der Waals surface area contributed by atoms with E-state index in [0.29, 0.717) is 12.5 Å². The van der Waals surface area contributed by atoms with Gasteiger partial charge in [-0.25, -0.2) is 0 Å². The molecule has 2 atom stereocenters. The van der Waals surface area contributed by atoms with Gasteiger partial charge in [0.05, 0.1) is 5.69 Å². The Kier molecular flexibility index (Phi) is 5.19. The number of nitrogens with zero attached hydrogens (tertiary/aromatic N) is 2. The lowest BCUT2D eigenvalue weighted by Crippen LogP contribution is -2.51. The maximum absolute atomic E-state index is 13.4. The molecule has 0 spiro atoms. The first-order chi connectivity index (χ1) is 12.0. The Morgan fingerprint density at radius 3 is 2.80 bits per heavy atom. The van der Waals surface area contributed by atoms with Crippen LogP contribution in [0.3, 0.4) is 0 Å². The van der Waals surface area contributed by atoms with Crippen molar-refractivity contribution in [1.82, 2.24) is 9.88 Å². The van der Waals surface area contributed by atoms with Gasteiger partial charge < -0.3 is 10.6 Å². The molecule has 1 aromatic heterocycles. The van der Waals surface area contributed by atoms with Crippen LogP contribution in [-0.2, 0) is 0 Å². The number of hydrogen-bond acceptors (Lipinski definition) is 3. The summed E-state index contributed by atoms with van der Waals surface area (Å²) in [6.07, 6.45) is 2.17. The van der Waals surface area contributed by atoms with Gasteiger partial charge in [-0.15, -0.1) is 0 Å². The molecule has 4 heteroatoms. The number of carbonyl (C=O) groups excluding carboxylic acids is 1. The lowest BCUT2D eigenvalue weighted by atomic mass is 9.89. The Bertz CT molecular complexity index is 771. The molecule has 0 aliphatic carbocycles. The molecular formula is C21H27N3O. The van der Waals surface area contributed by atoms with Crippen molar-refractivity contribution in [2.24, 2.45) is 11.7 Å². The summed E-state index contributed by atoms with van der Waals surface area (Å²) in [7, 11) is 0. The molecule has 0 radical (unpaired) electrons. The van der Waals surface area contributed by atoms with Gasteiger partial charge in [-0.2, -0.15) is 0 Å². The van der Waals surface area contributed by atoms with Gasteiger partial charge in [0.25, 0.3) is 5.91 Å². The van der Waals surface area contributed by atoms with Gasteiger partial charge in [0, 0.05) is 36.0 Å². The summed E-state index contributed by atoms with van der Waals surface area (Å²) in [6.45, 7) is 7.46. The van der Waals surface area contributed by atoms with Crippen molar-refractivity contribution in [2.75, 3.05) is 13.1 Å². The van der Waals surface area contributed by atoms with Gasteiger partial charge in [0.15, 0.2) is 0 Å². The Hall–Kier alpha value is -2.20. The molecule has 4 nitrogen and oxygen atoms in total. The van der Waals surface area contributed by atoms with Crippen molar-refractivity contribution in [3.63, 3.8) is 0 Å². The van der Waals surface area contributed by atoms with Crippen LogP contribution in [0.25, 0.3) is 11.3 Å². The van der Waals surface area contributed by atoms with Gasteiger partial charge in [0.1, 0.15) is 0 Å². The van der Waals surface area contributed by atoms with E-state index in [9.17, 15) is 4.79 Å². The average molecular weight is 337 g/mol. The maximum Gasteiger partial charge on any atom is 0.254 e. The predicted molar refractivity (Wildman–Crippen MR) is 101 cm³/mol. The van der Waals surface area contributed by atoms with Gasteiger partial charge in [-0.1, -0.05) is 30.7 Å². The third kappa shape index (κ3) is 3.59. The van der Waals surface area contributed by atoms with Crippen molar-refractivity contribution < 1.29 is 4.79 Å².